The molecule has 0 N–H and O–H groups in total. The van der Waals surface area contributed by atoms with Gasteiger partial charge in [0.2, 0.25) is 0 Å². The third-order valence-corrected chi connectivity index (χ3v) is 4.52. The van der Waals surface area contributed by atoms with E-state index in [4.69, 9.17) is 11.6 Å². The van der Waals surface area contributed by atoms with E-state index in [1.54, 1.807) is 6.07 Å². The minimum absolute atomic E-state index is 0.177. The number of nitrogens with zero attached hydrogens (tertiary/aromatic N) is 3. The van der Waals surface area contributed by atoms with Crippen molar-refractivity contribution in [3.63, 3.8) is 0 Å². The van der Waals surface area contributed by atoms with Crippen LogP contribution in [0.2, 0.25) is 5.15 Å². The minimum Gasteiger partial charge on any atom is -0.354 e. The zero-order chi connectivity index (χ0) is 12.5. The highest BCUT2D eigenvalue weighted by Gasteiger charge is 2.22. The second-order valence-electron chi connectivity index (χ2n) is 3.96. The van der Waals surface area contributed by atoms with Gasteiger partial charge in [0.15, 0.2) is 9.84 Å². The Kier molecular flexibility index (Phi) is 3.53. The lowest BCUT2D eigenvalue weighted by Gasteiger charge is -2.27. The highest BCUT2D eigenvalue weighted by Crippen LogP contribution is 2.18. The van der Waals surface area contributed by atoms with Crippen LogP contribution in [0.5, 0.6) is 0 Å². The first-order chi connectivity index (χ1) is 8.00. The molecular weight excluding hydrogens is 262 g/mol. The Morgan fingerprint density at radius 1 is 1.35 bits per heavy atom. The number of aromatic nitrogens is 2. The van der Waals surface area contributed by atoms with Crippen molar-refractivity contribution in [2.45, 2.75) is 13.3 Å². The Labute approximate surface area is 106 Å². The Hall–Kier alpha value is -0.880. The van der Waals surface area contributed by atoms with E-state index in [0.29, 0.717) is 30.5 Å². The van der Waals surface area contributed by atoms with Gasteiger partial charge in [0.1, 0.15) is 16.8 Å². The molecule has 1 aromatic heterocycles. The lowest BCUT2D eigenvalue weighted by atomic mass is 10.4. The second kappa shape index (κ2) is 4.78. The summed E-state index contributed by atoms with van der Waals surface area (Å²) in [5.74, 6) is 1.75. The monoisotopic (exact) mass is 275 g/mol. The third kappa shape index (κ3) is 3.07. The fraction of sp³-hybridized carbons (Fsp3) is 0.600. The average molecular weight is 276 g/mol. The first-order valence-electron chi connectivity index (χ1n) is 5.49. The number of hydrogen-bond acceptors (Lipinski definition) is 5. The van der Waals surface area contributed by atoms with E-state index in [1.807, 2.05) is 11.8 Å². The largest absolute Gasteiger partial charge is 0.354 e. The van der Waals surface area contributed by atoms with Crippen LogP contribution in [0.4, 0.5) is 5.82 Å². The average Bonchev–Trinajstić information content (AvgIpc) is 2.28. The lowest BCUT2D eigenvalue weighted by molar-refractivity contribution is 0.586. The summed E-state index contributed by atoms with van der Waals surface area (Å²) in [5, 5.41) is 0.403. The van der Waals surface area contributed by atoms with Gasteiger partial charge in [-0.05, 0) is 0 Å². The van der Waals surface area contributed by atoms with Crippen LogP contribution in [-0.4, -0.2) is 43.0 Å². The quantitative estimate of drug-likeness (QED) is 0.752. The van der Waals surface area contributed by atoms with Crippen molar-refractivity contribution in [1.82, 2.24) is 9.97 Å². The van der Waals surface area contributed by atoms with E-state index in [2.05, 4.69) is 9.97 Å². The smallest absolute Gasteiger partial charge is 0.153 e. The molecule has 0 atom stereocenters. The normalized spacial score (nSPS) is 19.3. The Morgan fingerprint density at radius 3 is 2.59 bits per heavy atom. The summed E-state index contributed by atoms with van der Waals surface area (Å²) in [5.41, 5.74) is 0. The third-order valence-electron chi connectivity index (χ3n) is 2.71. The molecule has 0 spiro atoms. The van der Waals surface area contributed by atoms with E-state index >= 15 is 0 Å². The lowest BCUT2D eigenvalue weighted by Crippen LogP contribution is -2.40. The second-order valence-corrected chi connectivity index (χ2v) is 6.65. The molecule has 94 valence electrons. The van der Waals surface area contributed by atoms with Gasteiger partial charge in [-0.1, -0.05) is 18.5 Å². The van der Waals surface area contributed by atoms with Gasteiger partial charge in [-0.3, -0.25) is 0 Å². The Bertz CT molecular complexity index is 504. The molecular formula is C10H14ClN3O2S. The molecule has 0 saturated carbocycles. The molecule has 7 heteroatoms. The van der Waals surface area contributed by atoms with Gasteiger partial charge in [0.05, 0.1) is 11.5 Å². The first kappa shape index (κ1) is 12.6. The van der Waals surface area contributed by atoms with E-state index < -0.39 is 9.84 Å². The Balaban J connectivity index is 2.21. The molecule has 1 saturated heterocycles. The van der Waals surface area contributed by atoms with Crippen molar-refractivity contribution in [3.05, 3.63) is 17.0 Å². The van der Waals surface area contributed by atoms with Crippen molar-refractivity contribution in [1.29, 1.82) is 0 Å². The maximum absolute atomic E-state index is 11.3. The van der Waals surface area contributed by atoms with Gasteiger partial charge in [0, 0.05) is 25.6 Å². The van der Waals surface area contributed by atoms with Crippen LogP contribution in [0.3, 0.4) is 0 Å². The molecule has 0 aromatic carbocycles. The summed E-state index contributed by atoms with van der Waals surface area (Å²) >= 11 is 5.91. The zero-order valence-electron chi connectivity index (χ0n) is 9.56. The fourth-order valence-electron chi connectivity index (χ4n) is 1.71. The molecule has 1 aromatic rings. The first-order valence-corrected chi connectivity index (χ1v) is 7.69. The predicted octanol–water partition coefficient (Wildman–Crippen LogP) is 0.927. The minimum atomic E-state index is -2.87. The predicted molar refractivity (Wildman–Crippen MR) is 67.3 cm³/mol. The van der Waals surface area contributed by atoms with Crippen LogP contribution >= 0.6 is 11.6 Å². The fourth-order valence-corrected chi connectivity index (χ4v) is 3.11. The van der Waals surface area contributed by atoms with Crippen LogP contribution in [0.15, 0.2) is 6.07 Å². The van der Waals surface area contributed by atoms with Crippen molar-refractivity contribution in [3.8, 4) is 0 Å². The van der Waals surface area contributed by atoms with E-state index in [-0.39, 0.29) is 11.5 Å². The van der Waals surface area contributed by atoms with E-state index in [9.17, 15) is 8.42 Å². The van der Waals surface area contributed by atoms with Gasteiger partial charge in [-0.25, -0.2) is 18.4 Å². The molecule has 0 aliphatic carbocycles. The molecule has 0 unspecified atom stereocenters. The number of hydrogen-bond donors (Lipinski definition) is 0. The van der Waals surface area contributed by atoms with Crippen LogP contribution in [0.25, 0.3) is 0 Å². The van der Waals surface area contributed by atoms with Crippen LogP contribution in [0, 0.1) is 0 Å². The molecule has 1 aliphatic heterocycles. The van der Waals surface area contributed by atoms with Gasteiger partial charge in [-0.15, -0.1) is 0 Å². The summed E-state index contributed by atoms with van der Waals surface area (Å²) in [7, 11) is -2.87. The van der Waals surface area contributed by atoms with Gasteiger partial charge < -0.3 is 4.90 Å². The maximum Gasteiger partial charge on any atom is 0.153 e. The van der Waals surface area contributed by atoms with E-state index in [0.717, 1.165) is 5.82 Å². The molecule has 0 amide bonds. The highest BCUT2D eigenvalue weighted by molar-refractivity contribution is 7.91. The standard InChI is InChI=1S/C10H14ClN3O2S/c1-2-9-12-8(11)7-10(13-9)14-3-5-17(15,16)6-4-14/h7H,2-6H2,1H3. The van der Waals surface area contributed by atoms with Crippen LogP contribution in [-0.2, 0) is 16.3 Å². The Morgan fingerprint density at radius 2 is 2.00 bits per heavy atom. The molecule has 1 fully saturated rings. The van der Waals surface area contributed by atoms with Crippen molar-refractivity contribution in [2.75, 3.05) is 29.5 Å². The van der Waals surface area contributed by atoms with Crippen molar-refractivity contribution < 1.29 is 8.42 Å². The summed E-state index contributed by atoms with van der Waals surface area (Å²) in [6.07, 6.45) is 0.708. The zero-order valence-corrected chi connectivity index (χ0v) is 11.1. The van der Waals surface area contributed by atoms with Gasteiger partial charge >= 0.3 is 0 Å². The molecule has 2 rings (SSSR count). The summed E-state index contributed by atoms with van der Waals surface area (Å²) in [4.78, 5) is 10.4. The SMILES string of the molecule is CCc1nc(Cl)cc(N2CCS(=O)(=O)CC2)n1. The molecule has 1 aliphatic rings. The van der Waals surface area contributed by atoms with Crippen LogP contribution in [0.1, 0.15) is 12.7 Å². The number of anilines is 1. The molecule has 17 heavy (non-hydrogen) atoms. The van der Waals surface area contributed by atoms with Crippen LogP contribution < -0.4 is 4.90 Å². The van der Waals surface area contributed by atoms with Gasteiger partial charge in [-0.2, -0.15) is 0 Å². The number of sulfone groups is 1. The topological polar surface area (TPSA) is 63.2 Å². The number of aryl methyl sites for hydroxylation is 1. The van der Waals surface area contributed by atoms with Gasteiger partial charge in [0.25, 0.3) is 0 Å². The van der Waals surface area contributed by atoms with Crippen molar-refractivity contribution in [2.24, 2.45) is 0 Å². The molecule has 5 nitrogen and oxygen atoms in total. The maximum atomic E-state index is 11.3. The number of rotatable bonds is 2. The van der Waals surface area contributed by atoms with E-state index in [1.165, 1.54) is 0 Å². The molecule has 0 radical (unpaired) electrons. The molecule has 2 heterocycles. The number of halogens is 1. The highest BCUT2D eigenvalue weighted by atomic mass is 35.5. The summed E-state index contributed by atoms with van der Waals surface area (Å²) in [6, 6.07) is 1.68. The van der Waals surface area contributed by atoms with Crippen molar-refractivity contribution >= 4 is 27.3 Å². The summed E-state index contributed by atoms with van der Waals surface area (Å²) < 4.78 is 22.7. The molecule has 0 bridgehead atoms. The summed E-state index contributed by atoms with van der Waals surface area (Å²) in [6.45, 7) is 2.90.